The van der Waals surface area contributed by atoms with Crippen LogP contribution in [-0.2, 0) is 10.0 Å². The van der Waals surface area contributed by atoms with Gasteiger partial charge in [0, 0.05) is 11.5 Å². The number of rotatable bonds is 9. The van der Waals surface area contributed by atoms with Crippen molar-refractivity contribution in [2.24, 2.45) is 5.41 Å². The molecule has 3 aromatic rings. The molecule has 0 amide bonds. The van der Waals surface area contributed by atoms with Crippen molar-refractivity contribution in [1.29, 1.82) is 0 Å². The van der Waals surface area contributed by atoms with Gasteiger partial charge in [-0.05, 0) is 43.0 Å². The van der Waals surface area contributed by atoms with Gasteiger partial charge in [0.2, 0.25) is 10.0 Å². The van der Waals surface area contributed by atoms with Gasteiger partial charge in [-0.2, -0.15) is 0 Å². The minimum Gasteiger partial charge on any atom is -0.396 e. The Hall–Kier alpha value is -2.25. The highest BCUT2D eigenvalue weighted by atomic mass is 32.2. The van der Waals surface area contributed by atoms with E-state index in [4.69, 9.17) is 0 Å². The van der Waals surface area contributed by atoms with E-state index in [0.29, 0.717) is 6.04 Å². The van der Waals surface area contributed by atoms with Crippen LogP contribution in [0.5, 0.6) is 0 Å². The second-order valence-corrected chi connectivity index (χ2v) is 18.7. The molecule has 1 fully saturated rings. The lowest BCUT2D eigenvalue weighted by molar-refractivity contribution is 0.0559. The molecule has 204 valence electrons. The molecule has 0 radical (unpaired) electrons. The highest BCUT2D eigenvalue weighted by Crippen LogP contribution is 2.46. The Morgan fingerprint density at radius 2 is 1.34 bits per heavy atom. The zero-order valence-corrected chi connectivity index (χ0v) is 25.1. The fourth-order valence-electron chi connectivity index (χ4n) is 6.55. The zero-order valence-electron chi connectivity index (χ0n) is 23.3. The average molecular weight is 550 g/mol. The molecule has 4 nitrogen and oxygen atoms in total. The molecule has 0 aromatic heterocycles. The van der Waals surface area contributed by atoms with E-state index in [1.165, 1.54) is 10.4 Å². The average Bonchev–Trinajstić information content (AvgIpc) is 2.92. The van der Waals surface area contributed by atoms with E-state index in [0.717, 1.165) is 37.7 Å². The minimum atomic E-state index is -3.79. The Kier molecular flexibility index (Phi) is 8.67. The predicted molar refractivity (Wildman–Crippen MR) is 160 cm³/mol. The molecule has 3 aromatic carbocycles. The van der Waals surface area contributed by atoms with Crippen molar-refractivity contribution in [2.45, 2.75) is 81.8 Å². The van der Waals surface area contributed by atoms with Gasteiger partial charge in [-0.25, -0.2) is 13.1 Å². The van der Waals surface area contributed by atoms with E-state index in [1.54, 1.807) is 12.1 Å². The number of nitrogens with one attached hydrogen (secondary N) is 1. The van der Waals surface area contributed by atoms with Crippen molar-refractivity contribution < 1.29 is 13.5 Å². The first-order chi connectivity index (χ1) is 18.0. The minimum absolute atomic E-state index is 0.0215. The topological polar surface area (TPSA) is 66.4 Å². The number of aliphatic hydroxyl groups excluding tert-OH is 1. The van der Waals surface area contributed by atoms with Crippen LogP contribution < -0.4 is 15.1 Å². The predicted octanol–water partition coefficient (Wildman–Crippen LogP) is 5.65. The Balaban J connectivity index is 1.91. The van der Waals surface area contributed by atoms with Crippen molar-refractivity contribution in [3.63, 3.8) is 0 Å². The first-order valence-electron chi connectivity index (χ1n) is 13.9. The van der Waals surface area contributed by atoms with E-state index >= 15 is 0 Å². The smallest absolute Gasteiger partial charge is 0.240 e. The van der Waals surface area contributed by atoms with Crippen LogP contribution in [0.3, 0.4) is 0 Å². The molecular formula is C32H43NO3SSi. The number of aryl methyl sites for hydroxylation is 1. The molecule has 0 spiro atoms. The number of hydrogen-bond acceptors (Lipinski definition) is 3. The third-order valence-corrected chi connectivity index (χ3v) is 16.6. The first kappa shape index (κ1) is 28.7. The summed E-state index contributed by atoms with van der Waals surface area (Å²) in [6, 6.07) is 28.7. The van der Waals surface area contributed by atoms with Crippen LogP contribution in [0.2, 0.25) is 11.1 Å². The molecular weight excluding hydrogens is 507 g/mol. The quantitative estimate of drug-likeness (QED) is 0.339. The SMILES string of the molecule is Cc1ccc(S(=O)(=O)N[C@@H](C[Si](c2ccccc2)(c2ccccc2)C(C)(C)C)C2(CO)CCCCC2)cc1. The number of hydrogen-bond donors (Lipinski definition) is 2. The highest BCUT2D eigenvalue weighted by molar-refractivity contribution is 7.89. The van der Waals surface area contributed by atoms with Gasteiger partial charge in [0.1, 0.15) is 8.07 Å². The summed E-state index contributed by atoms with van der Waals surface area (Å²) in [4.78, 5) is 0.277. The lowest BCUT2D eigenvalue weighted by Gasteiger charge is -2.50. The second kappa shape index (κ2) is 11.5. The molecule has 0 unspecified atom stereocenters. The molecule has 1 saturated carbocycles. The monoisotopic (exact) mass is 549 g/mol. The van der Waals surface area contributed by atoms with E-state index in [-0.39, 0.29) is 16.5 Å². The first-order valence-corrected chi connectivity index (χ1v) is 17.5. The Bertz CT molecular complexity index is 1240. The summed E-state index contributed by atoms with van der Waals surface area (Å²) in [6.45, 7) is 8.84. The van der Waals surface area contributed by atoms with Gasteiger partial charge in [-0.1, -0.05) is 129 Å². The molecule has 0 heterocycles. The van der Waals surface area contributed by atoms with E-state index in [1.807, 2.05) is 31.2 Å². The fourth-order valence-corrected chi connectivity index (χ4v) is 13.9. The van der Waals surface area contributed by atoms with Gasteiger partial charge in [-0.3, -0.25) is 0 Å². The van der Waals surface area contributed by atoms with Crippen molar-refractivity contribution in [3.8, 4) is 0 Å². The maximum absolute atomic E-state index is 13.9. The van der Waals surface area contributed by atoms with Crippen LogP contribution in [0.15, 0.2) is 89.8 Å². The summed E-state index contributed by atoms with van der Waals surface area (Å²) in [5, 5.41) is 13.4. The lowest BCUT2D eigenvalue weighted by atomic mass is 9.70. The highest BCUT2D eigenvalue weighted by Gasteiger charge is 2.53. The van der Waals surface area contributed by atoms with Crippen LogP contribution in [0.4, 0.5) is 0 Å². The maximum atomic E-state index is 13.9. The Labute approximate surface area is 230 Å². The third kappa shape index (κ3) is 5.69. The van der Waals surface area contributed by atoms with Crippen LogP contribution in [0.25, 0.3) is 0 Å². The molecule has 38 heavy (non-hydrogen) atoms. The van der Waals surface area contributed by atoms with Crippen LogP contribution in [-0.4, -0.2) is 34.2 Å². The molecule has 6 heteroatoms. The van der Waals surface area contributed by atoms with Crippen molar-refractivity contribution in [3.05, 3.63) is 90.5 Å². The normalized spacial score (nSPS) is 17.2. The largest absolute Gasteiger partial charge is 0.396 e. The maximum Gasteiger partial charge on any atom is 0.240 e. The third-order valence-electron chi connectivity index (χ3n) is 8.86. The summed E-state index contributed by atoms with van der Waals surface area (Å²) in [7, 11) is -6.40. The molecule has 2 N–H and O–H groups in total. The molecule has 0 aliphatic heterocycles. The molecule has 4 rings (SSSR count). The van der Waals surface area contributed by atoms with E-state index < -0.39 is 29.6 Å². The molecule has 1 aliphatic rings. The number of benzene rings is 3. The standard InChI is InChI=1S/C32H43NO3SSi/c1-26-18-20-27(21-19-26)37(35,36)33-30(32(25-34)22-12-7-13-23-32)24-38(31(2,3)4,28-14-8-5-9-15-28)29-16-10-6-11-17-29/h5-6,8-11,14-21,30,33-34H,7,12-13,22-25H2,1-4H3/t30-/m0/s1. The van der Waals surface area contributed by atoms with Crippen molar-refractivity contribution >= 4 is 28.5 Å². The lowest BCUT2D eigenvalue weighted by Crippen LogP contribution is -2.68. The summed E-state index contributed by atoms with van der Waals surface area (Å²) < 4.78 is 31.0. The van der Waals surface area contributed by atoms with Crippen LogP contribution >= 0.6 is 0 Å². The molecule has 0 saturated heterocycles. The van der Waals surface area contributed by atoms with Gasteiger partial charge in [0.05, 0.1) is 11.5 Å². The van der Waals surface area contributed by atoms with E-state index in [2.05, 4.69) is 74.0 Å². The Morgan fingerprint density at radius 1 is 0.842 bits per heavy atom. The summed E-state index contributed by atoms with van der Waals surface area (Å²) in [5.41, 5.74) is 0.523. The second-order valence-electron chi connectivity index (χ2n) is 12.2. The molecule has 1 aliphatic carbocycles. The molecule has 1 atom stereocenters. The summed E-state index contributed by atoms with van der Waals surface area (Å²) >= 11 is 0. The van der Waals surface area contributed by atoms with Gasteiger partial charge in [-0.15, -0.1) is 0 Å². The fraction of sp³-hybridized carbons (Fsp3) is 0.438. The van der Waals surface area contributed by atoms with Gasteiger partial charge in [0.15, 0.2) is 0 Å². The van der Waals surface area contributed by atoms with Gasteiger partial charge in [0.25, 0.3) is 0 Å². The summed E-state index contributed by atoms with van der Waals surface area (Å²) in [6.07, 6.45) is 4.78. The van der Waals surface area contributed by atoms with Crippen LogP contribution in [0.1, 0.15) is 58.4 Å². The number of aliphatic hydroxyl groups is 1. The number of sulfonamides is 1. The van der Waals surface area contributed by atoms with Gasteiger partial charge < -0.3 is 5.11 Å². The van der Waals surface area contributed by atoms with E-state index in [9.17, 15) is 13.5 Å². The van der Waals surface area contributed by atoms with Crippen LogP contribution in [0, 0.1) is 12.3 Å². The summed E-state index contributed by atoms with van der Waals surface area (Å²) in [5.74, 6) is 0. The van der Waals surface area contributed by atoms with Crippen molar-refractivity contribution in [1.82, 2.24) is 4.72 Å². The zero-order chi connectivity index (χ0) is 27.4. The van der Waals surface area contributed by atoms with Crippen molar-refractivity contribution in [2.75, 3.05) is 6.61 Å². The Morgan fingerprint density at radius 3 is 1.79 bits per heavy atom. The van der Waals surface area contributed by atoms with Gasteiger partial charge >= 0.3 is 0 Å². The molecule has 0 bridgehead atoms.